The number of fused-ring (bicyclic) bond motifs is 1. The van der Waals surface area contributed by atoms with E-state index in [2.05, 4.69) is 22.5 Å². The first-order valence-corrected chi connectivity index (χ1v) is 10.0. The first-order chi connectivity index (χ1) is 14.8. The second kappa shape index (κ2) is 8.24. The number of thiol groups is 1. The van der Waals surface area contributed by atoms with E-state index in [1.54, 1.807) is 41.3 Å². The van der Waals surface area contributed by atoms with E-state index in [0.717, 1.165) is 18.2 Å². The lowest BCUT2D eigenvalue weighted by Crippen LogP contribution is -2.44. The molecule has 0 fully saturated rings. The molecular formula is C21H17ClF2N4O2S. The summed E-state index contributed by atoms with van der Waals surface area (Å²) < 4.78 is 30.6. The monoisotopic (exact) mass is 462 g/mol. The number of halogens is 3. The highest BCUT2D eigenvalue weighted by atomic mass is 35.5. The van der Waals surface area contributed by atoms with Crippen molar-refractivity contribution >= 4 is 35.9 Å². The number of hydrogen-bond donors (Lipinski definition) is 3. The molecule has 2 aromatic rings. The van der Waals surface area contributed by atoms with Gasteiger partial charge in [0.05, 0.1) is 5.03 Å². The van der Waals surface area contributed by atoms with E-state index in [1.165, 1.54) is 6.20 Å². The van der Waals surface area contributed by atoms with E-state index >= 15 is 0 Å². The van der Waals surface area contributed by atoms with Gasteiger partial charge < -0.3 is 14.8 Å². The SMILES string of the molecule is CN1C=C(Cl)C=C2C(c3ccc[nH]c3=O)=C(C(=O)NS)N(Cc3cc(F)ccc3F)C21. The Morgan fingerprint density at radius 3 is 2.81 bits per heavy atom. The Balaban J connectivity index is 1.97. The minimum atomic E-state index is -0.615. The van der Waals surface area contributed by atoms with Gasteiger partial charge in [0.2, 0.25) is 0 Å². The van der Waals surface area contributed by atoms with E-state index in [-0.39, 0.29) is 23.4 Å². The lowest BCUT2D eigenvalue weighted by atomic mass is 9.96. The van der Waals surface area contributed by atoms with Crippen LogP contribution in [-0.2, 0) is 11.3 Å². The van der Waals surface area contributed by atoms with Crippen molar-refractivity contribution in [2.24, 2.45) is 0 Å². The van der Waals surface area contributed by atoms with Crippen LogP contribution < -0.4 is 10.3 Å². The fourth-order valence-electron chi connectivity index (χ4n) is 3.95. The number of aromatic nitrogens is 1. The van der Waals surface area contributed by atoms with Crippen LogP contribution in [0.5, 0.6) is 0 Å². The molecule has 160 valence electrons. The molecule has 1 amide bonds. The van der Waals surface area contributed by atoms with E-state index in [0.29, 0.717) is 16.2 Å². The molecule has 0 radical (unpaired) electrons. The van der Waals surface area contributed by atoms with Crippen molar-refractivity contribution in [2.45, 2.75) is 12.7 Å². The summed E-state index contributed by atoms with van der Waals surface area (Å²) >= 11 is 10.2. The van der Waals surface area contributed by atoms with Crippen LogP contribution in [-0.4, -0.2) is 33.9 Å². The average molecular weight is 463 g/mol. The minimum Gasteiger partial charge on any atom is -0.355 e. The molecule has 1 aromatic heterocycles. The van der Waals surface area contributed by atoms with Crippen LogP contribution in [0.25, 0.3) is 5.57 Å². The van der Waals surface area contributed by atoms with Gasteiger partial charge in [0.1, 0.15) is 23.5 Å². The second-order valence-corrected chi connectivity index (χ2v) is 7.75. The standard InChI is InChI=1S/C21H17ClF2N4O2S/c1-27-10-12(22)8-15-17(14-3-2-6-25-19(14)29)18(20(30)26-31)28(21(15)27)9-11-7-13(23)4-5-16(11)24/h2-8,10,21,31H,9H2,1H3,(H,25,29)(H,26,30). The van der Waals surface area contributed by atoms with Crippen molar-refractivity contribution in [3.05, 3.63) is 98.2 Å². The Morgan fingerprint density at radius 1 is 1.32 bits per heavy atom. The van der Waals surface area contributed by atoms with Crippen LogP contribution in [0.3, 0.4) is 0 Å². The van der Waals surface area contributed by atoms with Crippen LogP contribution >= 0.6 is 24.4 Å². The molecule has 3 heterocycles. The summed E-state index contributed by atoms with van der Waals surface area (Å²) in [6.45, 7) is -0.133. The zero-order valence-corrected chi connectivity index (χ0v) is 17.8. The maximum absolute atomic E-state index is 14.5. The molecule has 2 aliphatic heterocycles. The van der Waals surface area contributed by atoms with Crippen molar-refractivity contribution in [3.63, 3.8) is 0 Å². The number of likely N-dealkylation sites (N-methyl/N-ethyl adjacent to an activating group) is 1. The molecule has 1 unspecified atom stereocenters. The first kappa shape index (κ1) is 21.2. The summed E-state index contributed by atoms with van der Waals surface area (Å²) in [4.78, 5) is 31.5. The Labute approximate surface area is 187 Å². The molecule has 4 rings (SSSR count). The van der Waals surface area contributed by atoms with Crippen molar-refractivity contribution in [3.8, 4) is 0 Å². The molecule has 2 N–H and O–H groups in total. The molecule has 1 atom stereocenters. The predicted octanol–water partition coefficient (Wildman–Crippen LogP) is 3.12. The summed E-state index contributed by atoms with van der Waals surface area (Å²) in [5.41, 5.74) is 0.907. The van der Waals surface area contributed by atoms with Crippen molar-refractivity contribution in [1.29, 1.82) is 0 Å². The number of carbonyl (C=O) groups is 1. The van der Waals surface area contributed by atoms with Crippen LogP contribution in [0.4, 0.5) is 8.78 Å². The van der Waals surface area contributed by atoms with E-state index in [4.69, 9.17) is 11.6 Å². The maximum Gasteiger partial charge on any atom is 0.277 e. The molecule has 0 saturated carbocycles. The number of aromatic amines is 1. The molecule has 0 saturated heterocycles. The number of benzene rings is 1. The molecule has 6 nitrogen and oxygen atoms in total. The summed E-state index contributed by atoms with van der Waals surface area (Å²) in [6.07, 6.45) is 4.20. The third kappa shape index (κ3) is 3.75. The van der Waals surface area contributed by atoms with Gasteiger partial charge in [-0.1, -0.05) is 24.4 Å². The normalized spacial score (nSPS) is 18.0. The molecule has 0 bridgehead atoms. The minimum absolute atomic E-state index is 0.0566. The third-order valence-corrected chi connectivity index (χ3v) is 5.55. The lowest BCUT2D eigenvalue weighted by molar-refractivity contribution is -0.117. The van der Waals surface area contributed by atoms with Crippen molar-refractivity contribution in [1.82, 2.24) is 19.5 Å². The molecule has 2 aliphatic rings. The van der Waals surface area contributed by atoms with Gasteiger partial charge in [-0.05, 0) is 36.4 Å². The molecule has 10 heteroatoms. The molecule has 1 aromatic carbocycles. The van der Waals surface area contributed by atoms with E-state index < -0.39 is 29.3 Å². The van der Waals surface area contributed by atoms with Gasteiger partial charge in [-0.15, -0.1) is 0 Å². The average Bonchev–Trinajstić information content (AvgIpc) is 3.04. The summed E-state index contributed by atoms with van der Waals surface area (Å²) in [5.74, 6) is -1.82. The summed E-state index contributed by atoms with van der Waals surface area (Å²) in [7, 11) is 1.74. The Bertz CT molecular complexity index is 1220. The van der Waals surface area contributed by atoms with Gasteiger partial charge >= 0.3 is 0 Å². The largest absolute Gasteiger partial charge is 0.355 e. The Hall–Kier alpha value is -3.04. The quantitative estimate of drug-likeness (QED) is 0.611. The van der Waals surface area contributed by atoms with Gasteiger partial charge in [-0.25, -0.2) is 8.78 Å². The predicted molar refractivity (Wildman–Crippen MR) is 117 cm³/mol. The zero-order chi connectivity index (χ0) is 22.3. The van der Waals surface area contributed by atoms with Gasteiger partial charge in [-0.2, -0.15) is 0 Å². The van der Waals surface area contributed by atoms with E-state index in [1.807, 2.05) is 0 Å². The highest BCUT2D eigenvalue weighted by Crippen LogP contribution is 2.44. The molecule has 0 spiro atoms. The molecular weight excluding hydrogens is 446 g/mol. The number of carbonyl (C=O) groups excluding carboxylic acids is 1. The van der Waals surface area contributed by atoms with Crippen LogP contribution in [0, 0.1) is 11.6 Å². The number of H-pyrrole nitrogens is 1. The van der Waals surface area contributed by atoms with Gasteiger partial charge in [-0.3, -0.25) is 14.3 Å². The smallest absolute Gasteiger partial charge is 0.277 e. The van der Waals surface area contributed by atoms with Crippen LogP contribution in [0.2, 0.25) is 0 Å². The number of amides is 1. The van der Waals surface area contributed by atoms with E-state index in [9.17, 15) is 18.4 Å². The lowest BCUT2D eigenvalue weighted by Gasteiger charge is -2.37. The maximum atomic E-state index is 14.5. The number of pyridine rings is 1. The number of nitrogens with zero attached hydrogens (tertiary/aromatic N) is 2. The van der Waals surface area contributed by atoms with Crippen molar-refractivity contribution < 1.29 is 13.6 Å². The van der Waals surface area contributed by atoms with Gasteiger partial charge in [0.25, 0.3) is 11.5 Å². The summed E-state index contributed by atoms with van der Waals surface area (Å²) in [6, 6.07) is 6.35. The third-order valence-electron chi connectivity index (χ3n) is 5.14. The number of rotatable bonds is 4. The summed E-state index contributed by atoms with van der Waals surface area (Å²) in [5, 5.41) is 0.392. The van der Waals surface area contributed by atoms with Gasteiger partial charge in [0.15, 0.2) is 0 Å². The van der Waals surface area contributed by atoms with Crippen LogP contribution in [0.15, 0.2) is 69.9 Å². The van der Waals surface area contributed by atoms with Crippen molar-refractivity contribution in [2.75, 3.05) is 7.05 Å². The zero-order valence-electron chi connectivity index (χ0n) is 16.2. The number of nitrogens with one attached hydrogen (secondary N) is 2. The fourth-order valence-corrected chi connectivity index (χ4v) is 4.33. The molecule has 0 aliphatic carbocycles. The Kier molecular flexibility index (Phi) is 5.63. The van der Waals surface area contributed by atoms with Crippen LogP contribution in [0.1, 0.15) is 11.1 Å². The number of allylic oxidation sites excluding steroid dienone is 2. The number of hydrogen-bond acceptors (Lipinski definition) is 5. The van der Waals surface area contributed by atoms with Gasteiger partial charge in [0, 0.05) is 48.3 Å². The second-order valence-electron chi connectivity index (χ2n) is 7.09. The fraction of sp³-hybridized carbons (Fsp3) is 0.143. The topological polar surface area (TPSA) is 68.4 Å². The highest BCUT2D eigenvalue weighted by Gasteiger charge is 2.43. The Morgan fingerprint density at radius 2 is 2.10 bits per heavy atom. The first-order valence-electron chi connectivity index (χ1n) is 9.20. The highest BCUT2D eigenvalue weighted by molar-refractivity contribution is 7.78. The molecule has 31 heavy (non-hydrogen) atoms.